The molecule has 0 radical (unpaired) electrons. The maximum absolute atomic E-state index is 5.54. The minimum atomic E-state index is 0.358. The summed E-state index contributed by atoms with van der Waals surface area (Å²) in [6.07, 6.45) is 4.18. The van der Waals surface area contributed by atoms with Gasteiger partial charge in [-0.05, 0) is 36.5 Å². The Morgan fingerprint density at radius 1 is 1.47 bits per heavy atom. The second kappa shape index (κ2) is 7.28. The Kier molecular flexibility index (Phi) is 6.32. The van der Waals surface area contributed by atoms with Crippen LogP contribution in [-0.2, 0) is 6.42 Å². The van der Waals surface area contributed by atoms with Gasteiger partial charge in [-0.2, -0.15) is 11.8 Å². The summed E-state index contributed by atoms with van der Waals surface area (Å²) in [5.41, 5.74) is 4.19. The van der Waals surface area contributed by atoms with Crippen LogP contribution >= 0.6 is 27.7 Å². The zero-order chi connectivity index (χ0) is 11.1. The SMILES string of the molecule is CSCCC(Cc1ccccc1Br)NN. The Hall–Kier alpha value is -0.0300. The first-order valence-electron chi connectivity index (χ1n) is 4.96. The standard InChI is InChI=1S/C11H17BrN2S/c1-15-7-6-10(14-13)8-9-4-2-3-5-11(9)12/h2-5,10,14H,6-8,13H2,1H3. The molecule has 0 aromatic heterocycles. The van der Waals surface area contributed by atoms with Crippen molar-refractivity contribution in [3.05, 3.63) is 34.3 Å². The van der Waals surface area contributed by atoms with Crippen molar-refractivity contribution in [3.63, 3.8) is 0 Å². The highest BCUT2D eigenvalue weighted by atomic mass is 79.9. The van der Waals surface area contributed by atoms with Crippen LogP contribution in [0.3, 0.4) is 0 Å². The highest BCUT2D eigenvalue weighted by Crippen LogP contribution is 2.18. The lowest BCUT2D eigenvalue weighted by molar-refractivity contribution is 0.514. The van der Waals surface area contributed by atoms with E-state index in [0.29, 0.717) is 6.04 Å². The third kappa shape index (κ3) is 4.55. The van der Waals surface area contributed by atoms with Crippen LogP contribution in [0.4, 0.5) is 0 Å². The summed E-state index contributed by atoms with van der Waals surface area (Å²) in [6, 6.07) is 8.64. The lowest BCUT2D eigenvalue weighted by atomic mass is 10.0. The first-order chi connectivity index (χ1) is 7.27. The number of nitrogens with two attached hydrogens (primary N) is 1. The molecule has 15 heavy (non-hydrogen) atoms. The van der Waals surface area contributed by atoms with Gasteiger partial charge in [0.25, 0.3) is 0 Å². The Morgan fingerprint density at radius 2 is 2.20 bits per heavy atom. The molecule has 0 saturated heterocycles. The second-order valence-corrected chi connectivity index (χ2v) is 5.28. The molecule has 0 fully saturated rings. The molecule has 3 N–H and O–H groups in total. The Balaban J connectivity index is 2.54. The molecule has 0 aliphatic heterocycles. The number of hydrazine groups is 1. The van der Waals surface area contributed by atoms with Crippen LogP contribution in [0.15, 0.2) is 28.7 Å². The van der Waals surface area contributed by atoms with Gasteiger partial charge in [0.2, 0.25) is 0 Å². The first-order valence-corrected chi connectivity index (χ1v) is 7.15. The van der Waals surface area contributed by atoms with Crippen LogP contribution in [0.2, 0.25) is 0 Å². The van der Waals surface area contributed by atoms with Gasteiger partial charge < -0.3 is 0 Å². The molecular formula is C11H17BrN2S. The predicted octanol–water partition coefficient (Wildman–Crippen LogP) is 2.58. The minimum Gasteiger partial charge on any atom is -0.271 e. The number of benzene rings is 1. The second-order valence-electron chi connectivity index (χ2n) is 3.44. The molecule has 84 valence electrons. The molecule has 4 heteroatoms. The smallest absolute Gasteiger partial charge is 0.0259 e. The zero-order valence-corrected chi connectivity index (χ0v) is 11.3. The Labute approximate surface area is 104 Å². The molecule has 1 aromatic rings. The summed E-state index contributed by atoms with van der Waals surface area (Å²) < 4.78 is 1.16. The maximum Gasteiger partial charge on any atom is 0.0259 e. The van der Waals surface area contributed by atoms with Gasteiger partial charge in [-0.1, -0.05) is 34.1 Å². The van der Waals surface area contributed by atoms with Crippen LogP contribution in [0.1, 0.15) is 12.0 Å². The van der Waals surface area contributed by atoms with Gasteiger partial charge in [0, 0.05) is 10.5 Å². The molecule has 0 amide bonds. The highest BCUT2D eigenvalue weighted by Gasteiger charge is 2.08. The van der Waals surface area contributed by atoms with Gasteiger partial charge >= 0.3 is 0 Å². The lowest BCUT2D eigenvalue weighted by Gasteiger charge is -2.16. The normalized spacial score (nSPS) is 12.7. The molecule has 0 heterocycles. The van der Waals surface area contributed by atoms with Crippen LogP contribution in [-0.4, -0.2) is 18.1 Å². The van der Waals surface area contributed by atoms with Gasteiger partial charge in [-0.15, -0.1) is 0 Å². The molecule has 1 rings (SSSR count). The van der Waals surface area contributed by atoms with E-state index in [1.165, 1.54) is 5.56 Å². The number of hydrogen-bond donors (Lipinski definition) is 2. The number of nitrogens with one attached hydrogen (secondary N) is 1. The molecule has 0 aliphatic rings. The molecule has 0 saturated carbocycles. The van der Waals surface area contributed by atoms with E-state index >= 15 is 0 Å². The summed E-state index contributed by atoms with van der Waals surface area (Å²) in [4.78, 5) is 0. The lowest BCUT2D eigenvalue weighted by Crippen LogP contribution is -2.37. The van der Waals surface area contributed by atoms with E-state index in [-0.39, 0.29) is 0 Å². The Bertz CT molecular complexity index is 294. The third-order valence-corrected chi connectivity index (χ3v) is 3.75. The summed E-state index contributed by atoms with van der Waals surface area (Å²) in [5, 5.41) is 0. The largest absolute Gasteiger partial charge is 0.271 e. The van der Waals surface area contributed by atoms with Gasteiger partial charge in [-0.3, -0.25) is 11.3 Å². The van der Waals surface area contributed by atoms with Gasteiger partial charge in [0.1, 0.15) is 0 Å². The van der Waals surface area contributed by atoms with Crippen molar-refractivity contribution in [2.75, 3.05) is 12.0 Å². The molecule has 1 unspecified atom stereocenters. The van der Waals surface area contributed by atoms with Gasteiger partial charge in [0.15, 0.2) is 0 Å². The van der Waals surface area contributed by atoms with E-state index in [4.69, 9.17) is 5.84 Å². The fraction of sp³-hybridized carbons (Fsp3) is 0.455. The van der Waals surface area contributed by atoms with Crippen LogP contribution < -0.4 is 11.3 Å². The summed E-state index contributed by atoms with van der Waals surface area (Å²) >= 11 is 5.40. The van der Waals surface area contributed by atoms with Crippen LogP contribution in [0.25, 0.3) is 0 Å². The predicted molar refractivity (Wildman–Crippen MR) is 72.0 cm³/mol. The molecule has 2 nitrogen and oxygen atoms in total. The average molecular weight is 289 g/mol. The van der Waals surface area contributed by atoms with Crippen molar-refractivity contribution in [2.45, 2.75) is 18.9 Å². The third-order valence-electron chi connectivity index (χ3n) is 2.33. The van der Waals surface area contributed by atoms with Gasteiger partial charge in [-0.25, -0.2) is 0 Å². The summed E-state index contributed by atoms with van der Waals surface area (Å²) in [5.74, 6) is 6.68. The van der Waals surface area contributed by atoms with E-state index in [2.05, 4.69) is 45.8 Å². The van der Waals surface area contributed by atoms with Crippen LogP contribution in [0.5, 0.6) is 0 Å². The minimum absolute atomic E-state index is 0.358. The quantitative estimate of drug-likeness (QED) is 0.624. The monoisotopic (exact) mass is 288 g/mol. The van der Waals surface area contributed by atoms with Crippen molar-refractivity contribution in [1.29, 1.82) is 0 Å². The van der Waals surface area contributed by atoms with Crippen LogP contribution in [0, 0.1) is 0 Å². The fourth-order valence-electron chi connectivity index (χ4n) is 1.43. The number of thioether (sulfide) groups is 1. The van der Waals surface area contributed by atoms with E-state index < -0.39 is 0 Å². The molecular weight excluding hydrogens is 272 g/mol. The molecule has 1 aromatic carbocycles. The van der Waals surface area contributed by atoms with Crippen molar-refractivity contribution in [1.82, 2.24) is 5.43 Å². The first kappa shape index (κ1) is 13.0. The maximum atomic E-state index is 5.54. The van der Waals surface area contributed by atoms with Gasteiger partial charge in [0.05, 0.1) is 0 Å². The Morgan fingerprint density at radius 3 is 2.80 bits per heavy atom. The molecule has 1 atom stereocenters. The van der Waals surface area contributed by atoms with Crippen molar-refractivity contribution < 1.29 is 0 Å². The van der Waals surface area contributed by atoms with E-state index in [0.717, 1.165) is 23.1 Å². The summed E-state index contributed by atoms with van der Waals surface area (Å²) in [6.45, 7) is 0. The molecule has 0 bridgehead atoms. The van der Waals surface area contributed by atoms with Crippen molar-refractivity contribution in [2.24, 2.45) is 5.84 Å². The number of rotatable bonds is 6. The number of halogens is 1. The zero-order valence-electron chi connectivity index (χ0n) is 8.87. The molecule has 0 aliphatic carbocycles. The van der Waals surface area contributed by atoms with Crippen molar-refractivity contribution in [3.8, 4) is 0 Å². The van der Waals surface area contributed by atoms with E-state index in [9.17, 15) is 0 Å². The van der Waals surface area contributed by atoms with E-state index in [1.54, 1.807) is 0 Å². The summed E-state index contributed by atoms with van der Waals surface area (Å²) in [7, 11) is 0. The number of hydrogen-bond acceptors (Lipinski definition) is 3. The average Bonchev–Trinajstić information content (AvgIpc) is 2.26. The van der Waals surface area contributed by atoms with Crippen molar-refractivity contribution >= 4 is 27.7 Å². The molecule has 0 spiro atoms. The fourth-order valence-corrected chi connectivity index (χ4v) is 2.40. The highest BCUT2D eigenvalue weighted by molar-refractivity contribution is 9.10. The van der Waals surface area contributed by atoms with E-state index in [1.807, 2.05) is 17.8 Å². The topological polar surface area (TPSA) is 38.0 Å².